The van der Waals surface area contributed by atoms with E-state index in [4.69, 9.17) is 11.6 Å². The van der Waals surface area contributed by atoms with E-state index in [1.165, 1.54) is 12.8 Å². The molecule has 1 heterocycles. The van der Waals surface area contributed by atoms with Crippen LogP contribution in [0.4, 0.5) is 5.69 Å². The Bertz CT molecular complexity index is 380. The van der Waals surface area contributed by atoms with Crippen molar-refractivity contribution in [3.63, 3.8) is 0 Å². The average molecular weight is 270 g/mol. The lowest BCUT2D eigenvalue weighted by Gasteiger charge is -2.21. The van der Waals surface area contributed by atoms with Gasteiger partial charge in [0.2, 0.25) is 0 Å². The standard InChI is InChI=1S/C14H20ClNO2/c15-7-6-13(17)14(18)11-4-3-5-12(10-11)16-8-1-2-9-16/h3-5,10,13-14,17-18H,1-2,6-9H2. The molecule has 0 amide bonds. The number of halogens is 1. The Balaban J connectivity index is 2.10. The molecular weight excluding hydrogens is 250 g/mol. The van der Waals surface area contributed by atoms with E-state index in [0.717, 1.165) is 24.3 Å². The molecule has 0 saturated carbocycles. The van der Waals surface area contributed by atoms with Crippen molar-refractivity contribution in [2.24, 2.45) is 0 Å². The summed E-state index contributed by atoms with van der Waals surface area (Å²) in [6, 6.07) is 7.80. The highest BCUT2D eigenvalue weighted by atomic mass is 35.5. The number of anilines is 1. The van der Waals surface area contributed by atoms with Crippen LogP contribution in [-0.2, 0) is 0 Å². The Hall–Kier alpha value is -0.770. The third kappa shape index (κ3) is 3.16. The van der Waals surface area contributed by atoms with E-state index in [0.29, 0.717) is 12.3 Å². The van der Waals surface area contributed by atoms with Crippen molar-refractivity contribution >= 4 is 17.3 Å². The van der Waals surface area contributed by atoms with Crippen molar-refractivity contribution in [3.8, 4) is 0 Å². The average Bonchev–Trinajstić information content (AvgIpc) is 2.92. The van der Waals surface area contributed by atoms with Gasteiger partial charge in [-0.15, -0.1) is 11.6 Å². The van der Waals surface area contributed by atoms with Crippen LogP contribution in [0, 0.1) is 0 Å². The lowest BCUT2D eigenvalue weighted by atomic mass is 10.0. The van der Waals surface area contributed by atoms with Crippen LogP contribution in [0.3, 0.4) is 0 Å². The Morgan fingerprint density at radius 1 is 1.22 bits per heavy atom. The van der Waals surface area contributed by atoms with Gasteiger partial charge in [-0.05, 0) is 37.0 Å². The van der Waals surface area contributed by atoms with Crippen LogP contribution in [0.25, 0.3) is 0 Å². The van der Waals surface area contributed by atoms with Gasteiger partial charge in [0.15, 0.2) is 0 Å². The Kier molecular flexibility index (Phi) is 4.87. The molecule has 1 fully saturated rings. The third-order valence-corrected chi connectivity index (χ3v) is 3.67. The molecule has 0 bridgehead atoms. The lowest BCUT2D eigenvalue weighted by molar-refractivity contribution is 0.0170. The number of aliphatic hydroxyl groups is 2. The molecular formula is C14H20ClNO2. The van der Waals surface area contributed by atoms with Gasteiger partial charge in [-0.25, -0.2) is 0 Å². The van der Waals surface area contributed by atoms with Crippen molar-refractivity contribution in [2.45, 2.75) is 31.5 Å². The number of aliphatic hydroxyl groups excluding tert-OH is 2. The van der Waals surface area contributed by atoms with Crippen molar-refractivity contribution in [2.75, 3.05) is 23.9 Å². The van der Waals surface area contributed by atoms with E-state index in [9.17, 15) is 10.2 Å². The third-order valence-electron chi connectivity index (χ3n) is 3.45. The van der Waals surface area contributed by atoms with Crippen molar-refractivity contribution in [1.29, 1.82) is 0 Å². The number of alkyl halides is 1. The molecule has 1 aromatic rings. The van der Waals surface area contributed by atoms with Crippen LogP contribution in [0.5, 0.6) is 0 Å². The highest BCUT2D eigenvalue weighted by Gasteiger charge is 2.19. The molecule has 1 aromatic carbocycles. The second kappa shape index (κ2) is 6.41. The molecule has 0 radical (unpaired) electrons. The predicted octanol–water partition coefficient (Wildman–Crippen LogP) is 2.31. The Morgan fingerprint density at radius 3 is 2.61 bits per heavy atom. The number of hydrogen-bond donors (Lipinski definition) is 2. The molecule has 0 aliphatic carbocycles. The van der Waals surface area contributed by atoms with Crippen LogP contribution < -0.4 is 4.90 Å². The number of benzene rings is 1. The van der Waals surface area contributed by atoms with E-state index in [1.807, 2.05) is 18.2 Å². The summed E-state index contributed by atoms with van der Waals surface area (Å²) in [6.45, 7) is 2.15. The highest BCUT2D eigenvalue weighted by Crippen LogP contribution is 2.26. The molecule has 1 aliphatic rings. The zero-order valence-electron chi connectivity index (χ0n) is 10.4. The maximum Gasteiger partial charge on any atom is 0.105 e. The summed E-state index contributed by atoms with van der Waals surface area (Å²) in [7, 11) is 0. The molecule has 0 aromatic heterocycles. The van der Waals surface area contributed by atoms with Crippen molar-refractivity contribution in [1.82, 2.24) is 0 Å². The molecule has 3 nitrogen and oxygen atoms in total. The van der Waals surface area contributed by atoms with Gasteiger partial charge in [-0.1, -0.05) is 12.1 Å². The van der Waals surface area contributed by atoms with Gasteiger partial charge in [0.1, 0.15) is 6.10 Å². The molecule has 2 unspecified atom stereocenters. The minimum atomic E-state index is -0.855. The summed E-state index contributed by atoms with van der Waals surface area (Å²) < 4.78 is 0. The summed E-state index contributed by atoms with van der Waals surface area (Å²) in [5.41, 5.74) is 1.89. The Labute approximate surface area is 113 Å². The van der Waals surface area contributed by atoms with Gasteiger partial charge in [0.05, 0.1) is 6.10 Å². The second-order valence-electron chi connectivity index (χ2n) is 4.78. The molecule has 1 saturated heterocycles. The normalized spacial score (nSPS) is 18.9. The summed E-state index contributed by atoms with van der Waals surface area (Å²) in [6.07, 6.45) is 1.20. The molecule has 100 valence electrons. The monoisotopic (exact) mass is 269 g/mol. The largest absolute Gasteiger partial charge is 0.390 e. The first-order valence-corrected chi connectivity index (χ1v) is 7.03. The minimum absolute atomic E-state index is 0.351. The van der Waals surface area contributed by atoms with Crippen LogP contribution in [0.2, 0.25) is 0 Å². The van der Waals surface area contributed by atoms with Gasteiger partial charge in [-0.3, -0.25) is 0 Å². The zero-order chi connectivity index (χ0) is 13.0. The van der Waals surface area contributed by atoms with Crippen LogP contribution in [0.1, 0.15) is 30.9 Å². The SMILES string of the molecule is OC(CCCl)C(O)c1cccc(N2CCCC2)c1. The van der Waals surface area contributed by atoms with Gasteiger partial charge in [-0.2, -0.15) is 0 Å². The van der Waals surface area contributed by atoms with E-state index in [-0.39, 0.29) is 0 Å². The smallest absolute Gasteiger partial charge is 0.105 e. The quantitative estimate of drug-likeness (QED) is 0.807. The maximum atomic E-state index is 10.1. The summed E-state index contributed by atoms with van der Waals surface area (Å²) in [4.78, 5) is 2.31. The maximum absolute atomic E-state index is 10.1. The molecule has 4 heteroatoms. The van der Waals surface area contributed by atoms with E-state index in [2.05, 4.69) is 11.0 Å². The first-order valence-electron chi connectivity index (χ1n) is 6.49. The lowest BCUT2D eigenvalue weighted by Crippen LogP contribution is -2.20. The molecule has 1 aliphatic heterocycles. The van der Waals surface area contributed by atoms with Crippen LogP contribution >= 0.6 is 11.6 Å². The van der Waals surface area contributed by atoms with Crippen LogP contribution in [-0.4, -0.2) is 35.3 Å². The highest BCUT2D eigenvalue weighted by molar-refractivity contribution is 6.17. The van der Waals surface area contributed by atoms with Crippen molar-refractivity contribution in [3.05, 3.63) is 29.8 Å². The molecule has 2 rings (SSSR count). The van der Waals surface area contributed by atoms with Gasteiger partial charge in [0, 0.05) is 24.7 Å². The zero-order valence-corrected chi connectivity index (χ0v) is 11.2. The number of rotatable bonds is 5. The van der Waals surface area contributed by atoms with Crippen LogP contribution in [0.15, 0.2) is 24.3 Å². The Morgan fingerprint density at radius 2 is 1.94 bits per heavy atom. The van der Waals surface area contributed by atoms with Crippen molar-refractivity contribution < 1.29 is 10.2 Å². The molecule has 2 atom stereocenters. The summed E-state index contributed by atoms with van der Waals surface area (Å²) in [5.74, 6) is 0.351. The summed E-state index contributed by atoms with van der Waals surface area (Å²) >= 11 is 5.58. The molecule has 18 heavy (non-hydrogen) atoms. The van der Waals surface area contributed by atoms with E-state index < -0.39 is 12.2 Å². The van der Waals surface area contributed by atoms with Gasteiger partial charge < -0.3 is 15.1 Å². The van der Waals surface area contributed by atoms with E-state index >= 15 is 0 Å². The minimum Gasteiger partial charge on any atom is -0.390 e. The first-order chi connectivity index (χ1) is 8.72. The van der Waals surface area contributed by atoms with E-state index in [1.54, 1.807) is 0 Å². The number of hydrogen-bond acceptors (Lipinski definition) is 3. The first kappa shape index (κ1) is 13.7. The number of nitrogens with zero attached hydrogens (tertiary/aromatic N) is 1. The second-order valence-corrected chi connectivity index (χ2v) is 5.16. The van der Waals surface area contributed by atoms with Gasteiger partial charge >= 0.3 is 0 Å². The fraction of sp³-hybridized carbons (Fsp3) is 0.571. The topological polar surface area (TPSA) is 43.7 Å². The fourth-order valence-corrected chi connectivity index (χ4v) is 2.60. The fourth-order valence-electron chi connectivity index (χ4n) is 2.37. The predicted molar refractivity (Wildman–Crippen MR) is 74.2 cm³/mol. The molecule has 2 N–H and O–H groups in total. The molecule has 0 spiro atoms. The van der Waals surface area contributed by atoms with Gasteiger partial charge in [0.25, 0.3) is 0 Å². The summed E-state index contributed by atoms with van der Waals surface area (Å²) in [5, 5.41) is 19.8.